The molecule has 1 aliphatic rings. The molecule has 0 fully saturated rings. The number of aromatic nitrogens is 3. The number of nitrogens with zero attached hydrogens (tertiary/aromatic N) is 2. The fourth-order valence-electron chi connectivity index (χ4n) is 4.16. The monoisotopic (exact) mass is 372 g/mol. The van der Waals surface area contributed by atoms with E-state index in [0.717, 1.165) is 28.8 Å². The smallest absolute Gasteiger partial charge is 0.275 e. The maximum absolute atomic E-state index is 13.1. The molecule has 1 amide bonds. The number of aryl methyl sites for hydroxylation is 1. The number of fused-ring (bicyclic) bond motifs is 2. The molecule has 0 saturated carbocycles. The first-order valence-corrected chi connectivity index (χ1v) is 9.33. The number of phenols is 1. The number of carbonyl (C=O) groups excluding carboxylic acids is 1. The maximum atomic E-state index is 13.1. The summed E-state index contributed by atoms with van der Waals surface area (Å²) >= 11 is 0. The van der Waals surface area contributed by atoms with Crippen molar-refractivity contribution < 1.29 is 9.90 Å². The molecule has 1 unspecified atom stereocenters. The lowest BCUT2D eigenvalue weighted by molar-refractivity contribution is 0.0745. The van der Waals surface area contributed by atoms with E-state index < -0.39 is 0 Å². The van der Waals surface area contributed by atoms with Crippen LogP contribution >= 0.6 is 0 Å². The number of rotatable bonds is 4. The highest BCUT2D eigenvalue weighted by Gasteiger charge is 2.41. The lowest BCUT2D eigenvalue weighted by Gasteiger charge is -2.26. The van der Waals surface area contributed by atoms with Crippen molar-refractivity contribution in [2.24, 2.45) is 0 Å². The lowest BCUT2D eigenvalue weighted by Crippen LogP contribution is -2.31. The molecule has 4 aromatic rings. The molecule has 0 saturated heterocycles. The van der Waals surface area contributed by atoms with Crippen LogP contribution in [-0.4, -0.2) is 37.6 Å². The summed E-state index contributed by atoms with van der Waals surface area (Å²) < 4.78 is 0. The number of aromatic hydroxyl groups is 1. The van der Waals surface area contributed by atoms with Gasteiger partial charge in [-0.1, -0.05) is 30.3 Å². The standard InChI is InChI=1S/C22H20N4O2/c1-13-19-20(25-24-13)22(28)26(21(19)14-6-8-16(27)9-7-14)11-10-15-12-23-18-5-3-2-4-17(15)18/h2-9,12,21,23,27H,10-11H2,1H3,(H,24,25). The van der Waals surface area contributed by atoms with Crippen molar-refractivity contribution in [1.29, 1.82) is 0 Å². The molecule has 1 aliphatic heterocycles. The van der Waals surface area contributed by atoms with E-state index in [1.54, 1.807) is 12.1 Å². The Bertz CT molecular complexity index is 1170. The minimum absolute atomic E-state index is 0.0581. The van der Waals surface area contributed by atoms with E-state index in [1.165, 1.54) is 10.9 Å². The van der Waals surface area contributed by atoms with Gasteiger partial charge in [-0.05, 0) is 42.7 Å². The Balaban J connectivity index is 1.50. The summed E-state index contributed by atoms with van der Waals surface area (Å²) in [5.74, 6) is 0.153. The van der Waals surface area contributed by atoms with Crippen LogP contribution in [0.25, 0.3) is 10.9 Å². The summed E-state index contributed by atoms with van der Waals surface area (Å²) in [6, 6.07) is 15.0. The summed E-state index contributed by atoms with van der Waals surface area (Å²) in [4.78, 5) is 18.2. The van der Waals surface area contributed by atoms with E-state index in [1.807, 2.05) is 42.3 Å². The molecule has 1 atom stereocenters. The summed E-state index contributed by atoms with van der Waals surface area (Å²) in [7, 11) is 0. The number of amides is 1. The molecule has 0 spiro atoms. The normalized spacial score (nSPS) is 16.1. The van der Waals surface area contributed by atoms with Gasteiger partial charge in [0.25, 0.3) is 5.91 Å². The lowest BCUT2D eigenvalue weighted by atomic mass is 9.99. The van der Waals surface area contributed by atoms with Crippen LogP contribution in [0, 0.1) is 6.92 Å². The van der Waals surface area contributed by atoms with Gasteiger partial charge in [0.05, 0.1) is 6.04 Å². The van der Waals surface area contributed by atoms with Crippen LogP contribution in [-0.2, 0) is 6.42 Å². The number of para-hydroxylation sites is 1. The number of hydrogen-bond donors (Lipinski definition) is 3. The van der Waals surface area contributed by atoms with Gasteiger partial charge in [-0.15, -0.1) is 0 Å². The van der Waals surface area contributed by atoms with Crippen LogP contribution in [0.4, 0.5) is 0 Å². The fourth-order valence-corrected chi connectivity index (χ4v) is 4.16. The van der Waals surface area contributed by atoms with Crippen molar-refractivity contribution >= 4 is 16.8 Å². The van der Waals surface area contributed by atoms with Crippen LogP contribution in [0.2, 0.25) is 0 Å². The molecule has 6 heteroatoms. The molecule has 5 rings (SSSR count). The Hall–Kier alpha value is -3.54. The third-order valence-electron chi connectivity index (χ3n) is 5.55. The molecule has 140 valence electrons. The molecule has 2 aromatic carbocycles. The van der Waals surface area contributed by atoms with Gasteiger partial charge in [-0.25, -0.2) is 0 Å². The zero-order valence-electron chi connectivity index (χ0n) is 15.4. The van der Waals surface area contributed by atoms with E-state index in [4.69, 9.17) is 0 Å². The number of hydrogen-bond acceptors (Lipinski definition) is 3. The SMILES string of the molecule is Cc1[nH]nc2c1C(c1ccc(O)cc1)N(CCc1c[nH]c3ccccc13)C2=O. The predicted molar refractivity (Wildman–Crippen MR) is 106 cm³/mol. The fraction of sp³-hybridized carbons (Fsp3) is 0.182. The highest BCUT2D eigenvalue weighted by molar-refractivity contribution is 5.98. The second-order valence-electron chi connectivity index (χ2n) is 7.21. The predicted octanol–water partition coefficient (Wildman–Crippen LogP) is 3.69. The number of aromatic amines is 2. The van der Waals surface area contributed by atoms with Gasteiger partial charge in [0.15, 0.2) is 5.69 Å². The number of carbonyl (C=O) groups is 1. The van der Waals surface area contributed by atoms with Crippen LogP contribution in [0.3, 0.4) is 0 Å². The first-order chi connectivity index (χ1) is 13.6. The molecule has 6 nitrogen and oxygen atoms in total. The molecule has 0 aliphatic carbocycles. The zero-order chi connectivity index (χ0) is 19.3. The minimum atomic E-state index is -0.202. The molecular weight excluding hydrogens is 352 g/mol. The van der Waals surface area contributed by atoms with Crippen molar-refractivity contribution in [3.63, 3.8) is 0 Å². The molecule has 28 heavy (non-hydrogen) atoms. The summed E-state index contributed by atoms with van der Waals surface area (Å²) in [5, 5.41) is 18.0. The van der Waals surface area contributed by atoms with Crippen molar-refractivity contribution in [2.45, 2.75) is 19.4 Å². The van der Waals surface area contributed by atoms with Crippen LogP contribution in [0.15, 0.2) is 54.7 Å². The molecule has 0 bridgehead atoms. The Morgan fingerprint density at radius 1 is 1.14 bits per heavy atom. The van der Waals surface area contributed by atoms with Crippen LogP contribution < -0.4 is 0 Å². The highest BCUT2D eigenvalue weighted by Crippen LogP contribution is 2.39. The largest absolute Gasteiger partial charge is 0.508 e. The second-order valence-corrected chi connectivity index (χ2v) is 7.21. The summed E-state index contributed by atoms with van der Waals surface area (Å²) in [5.41, 5.74) is 5.58. The van der Waals surface area contributed by atoms with Gasteiger partial charge in [0.2, 0.25) is 0 Å². The third-order valence-corrected chi connectivity index (χ3v) is 5.55. The average molecular weight is 372 g/mol. The van der Waals surface area contributed by atoms with Crippen molar-refractivity contribution in [2.75, 3.05) is 6.54 Å². The van der Waals surface area contributed by atoms with E-state index in [0.29, 0.717) is 12.2 Å². The number of nitrogens with one attached hydrogen (secondary N) is 2. The Kier molecular flexibility index (Phi) is 3.72. The minimum Gasteiger partial charge on any atom is -0.508 e. The third kappa shape index (κ3) is 2.49. The second kappa shape index (κ2) is 6.27. The molecule has 3 heterocycles. The Morgan fingerprint density at radius 2 is 1.93 bits per heavy atom. The quantitative estimate of drug-likeness (QED) is 0.511. The zero-order valence-corrected chi connectivity index (χ0v) is 15.4. The summed E-state index contributed by atoms with van der Waals surface area (Å²) in [6.07, 6.45) is 2.77. The van der Waals surface area contributed by atoms with Gasteiger partial charge in [0, 0.05) is 34.9 Å². The van der Waals surface area contributed by atoms with Crippen molar-refractivity contribution in [3.8, 4) is 5.75 Å². The molecule has 0 radical (unpaired) electrons. The first kappa shape index (κ1) is 16.6. The number of benzene rings is 2. The van der Waals surface area contributed by atoms with E-state index >= 15 is 0 Å². The number of H-pyrrole nitrogens is 2. The molecule has 2 aromatic heterocycles. The van der Waals surface area contributed by atoms with Crippen LogP contribution in [0.5, 0.6) is 5.75 Å². The van der Waals surface area contributed by atoms with Crippen LogP contribution in [0.1, 0.15) is 38.9 Å². The maximum Gasteiger partial charge on any atom is 0.275 e. The Labute approximate surface area is 161 Å². The summed E-state index contributed by atoms with van der Waals surface area (Å²) in [6.45, 7) is 2.53. The van der Waals surface area contributed by atoms with Gasteiger partial charge in [0.1, 0.15) is 5.75 Å². The van der Waals surface area contributed by atoms with Crippen molar-refractivity contribution in [1.82, 2.24) is 20.1 Å². The highest BCUT2D eigenvalue weighted by atomic mass is 16.3. The van der Waals surface area contributed by atoms with Gasteiger partial charge < -0.3 is 15.0 Å². The van der Waals surface area contributed by atoms with Crippen molar-refractivity contribution in [3.05, 3.63) is 82.8 Å². The van der Waals surface area contributed by atoms with E-state index in [-0.39, 0.29) is 17.7 Å². The van der Waals surface area contributed by atoms with Gasteiger partial charge in [-0.2, -0.15) is 5.10 Å². The first-order valence-electron chi connectivity index (χ1n) is 9.33. The molecular formula is C22H20N4O2. The van der Waals surface area contributed by atoms with E-state index in [9.17, 15) is 9.90 Å². The molecule has 3 N–H and O–H groups in total. The number of phenolic OH excluding ortho intramolecular Hbond substituents is 1. The average Bonchev–Trinajstić information content (AvgIpc) is 3.36. The topological polar surface area (TPSA) is 85.0 Å². The van der Waals surface area contributed by atoms with E-state index in [2.05, 4.69) is 27.3 Å². The van der Waals surface area contributed by atoms with Gasteiger partial charge >= 0.3 is 0 Å². The Morgan fingerprint density at radius 3 is 2.75 bits per heavy atom. The van der Waals surface area contributed by atoms with Gasteiger partial charge in [-0.3, -0.25) is 9.89 Å².